The van der Waals surface area contributed by atoms with Crippen LogP contribution in [-0.4, -0.2) is 47.1 Å². The van der Waals surface area contributed by atoms with Crippen molar-refractivity contribution in [1.82, 2.24) is 0 Å². The average molecular weight is 198 g/mol. The van der Waals surface area contributed by atoms with Gasteiger partial charge in [0.1, 0.15) is 0 Å². The highest BCUT2D eigenvalue weighted by Crippen LogP contribution is 2.03. The van der Waals surface area contributed by atoms with Gasteiger partial charge < -0.3 is 15.3 Å². The van der Waals surface area contributed by atoms with Crippen molar-refractivity contribution in [2.75, 3.05) is 5.75 Å². The molecule has 0 rings (SSSR count). The van der Waals surface area contributed by atoms with Crippen LogP contribution in [0, 0.1) is 0 Å². The van der Waals surface area contributed by atoms with Gasteiger partial charge in [0.15, 0.2) is 15.3 Å². The zero-order valence-electron chi connectivity index (χ0n) is 7.01. The quantitative estimate of drug-likeness (QED) is 0.510. The van der Waals surface area contributed by atoms with E-state index in [1.807, 2.05) is 0 Å². The van der Waals surface area contributed by atoms with Gasteiger partial charge in [-0.05, 0) is 13.8 Å². The molecule has 0 aromatic rings. The molecular formula is C6H14O5S. The first-order chi connectivity index (χ1) is 5.27. The second kappa shape index (κ2) is 4.18. The lowest BCUT2D eigenvalue weighted by Crippen LogP contribution is -2.34. The van der Waals surface area contributed by atoms with Crippen LogP contribution in [0.3, 0.4) is 0 Å². The summed E-state index contributed by atoms with van der Waals surface area (Å²) in [6, 6.07) is 0. The van der Waals surface area contributed by atoms with Gasteiger partial charge in [-0.1, -0.05) is 0 Å². The maximum atomic E-state index is 10.9. The SMILES string of the molecule is CC(O)C(O)CS(=O)(=O)C(C)O. The van der Waals surface area contributed by atoms with E-state index in [4.69, 9.17) is 15.3 Å². The molecule has 3 N–H and O–H groups in total. The Bertz CT molecular complexity index is 218. The van der Waals surface area contributed by atoms with Gasteiger partial charge >= 0.3 is 0 Å². The smallest absolute Gasteiger partial charge is 0.179 e. The average Bonchev–Trinajstić information content (AvgIpc) is 1.85. The topological polar surface area (TPSA) is 94.8 Å². The Hall–Kier alpha value is -0.170. The Morgan fingerprint density at radius 1 is 1.17 bits per heavy atom. The van der Waals surface area contributed by atoms with Crippen molar-refractivity contribution in [3.05, 3.63) is 0 Å². The number of hydrogen-bond acceptors (Lipinski definition) is 5. The van der Waals surface area contributed by atoms with Crippen LogP contribution in [0.15, 0.2) is 0 Å². The third-order valence-electron chi connectivity index (χ3n) is 1.48. The molecule has 0 aliphatic rings. The van der Waals surface area contributed by atoms with Crippen molar-refractivity contribution in [1.29, 1.82) is 0 Å². The molecule has 12 heavy (non-hydrogen) atoms. The fraction of sp³-hybridized carbons (Fsp3) is 1.00. The van der Waals surface area contributed by atoms with Crippen LogP contribution >= 0.6 is 0 Å². The molecule has 6 heteroatoms. The van der Waals surface area contributed by atoms with Crippen molar-refractivity contribution in [2.45, 2.75) is 31.5 Å². The van der Waals surface area contributed by atoms with Crippen molar-refractivity contribution >= 4 is 9.84 Å². The van der Waals surface area contributed by atoms with E-state index in [9.17, 15) is 8.42 Å². The molecule has 3 atom stereocenters. The van der Waals surface area contributed by atoms with E-state index < -0.39 is 33.2 Å². The standard InChI is InChI=1S/C6H14O5S/c1-4(7)6(9)3-12(10,11)5(2)8/h4-9H,3H2,1-2H3. The lowest BCUT2D eigenvalue weighted by atomic mass is 10.3. The fourth-order valence-electron chi connectivity index (χ4n) is 0.517. The minimum atomic E-state index is -3.70. The molecule has 0 saturated heterocycles. The molecule has 5 nitrogen and oxygen atoms in total. The highest BCUT2D eigenvalue weighted by Gasteiger charge is 2.24. The van der Waals surface area contributed by atoms with Crippen molar-refractivity contribution in [3.8, 4) is 0 Å². The summed E-state index contributed by atoms with van der Waals surface area (Å²) in [5.41, 5.74) is -1.51. The van der Waals surface area contributed by atoms with E-state index in [0.717, 1.165) is 6.92 Å². The number of sulfone groups is 1. The Morgan fingerprint density at radius 2 is 1.58 bits per heavy atom. The van der Waals surface area contributed by atoms with Gasteiger partial charge in [-0.15, -0.1) is 0 Å². The molecule has 0 aliphatic heterocycles. The van der Waals surface area contributed by atoms with Gasteiger partial charge in [-0.3, -0.25) is 0 Å². The summed E-state index contributed by atoms with van der Waals surface area (Å²) in [5, 5.41) is 26.5. The van der Waals surface area contributed by atoms with Gasteiger partial charge in [0.2, 0.25) is 0 Å². The highest BCUT2D eigenvalue weighted by atomic mass is 32.2. The minimum absolute atomic E-state index is 0.623. The Morgan fingerprint density at radius 3 is 1.83 bits per heavy atom. The van der Waals surface area contributed by atoms with E-state index in [-0.39, 0.29) is 0 Å². The monoisotopic (exact) mass is 198 g/mol. The molecule has 0 aromatic heterocycles. The van der Waals surface area contributed by atoms with Crippen LogP contribution in [0.25, 0.3) is 0 Å². The third kappa shape index (κ3) is 3.48. The second-order valence-electron chi connectivity index (χ2n) is 2.74. The van der Waals surface area contributed by atoms with E-state index in [1.54, 1.807) is 0 Å². The molecule has 0 amide bonds. The number of hydrogen-bond donors (Lipinski definition) is 3. The van der Waals surface area contributed by atoms with Crippen LogP contribution in [0.4, 0.5) is 0 Å². The predicted octanol–water partition coefficient (Wildman–Crippen LogP) is -1.52. The molecule has 0 fully saturated rings. The molecule has 0 spiro atoms. The van der Waals surface area contributed by atoms with Gasteiger partial charge in [0.05, 0.1) is 18.0 Å². The first kappa shape index (κ1) is 11.8. The largest absolute Gasteiger partial charge is 0.391 e. The molecule has 74 valence electrons. The lowest BCUT2D eigenvalue weighted by Gasteiger charge is -2.14. The van der Waals surface area contributed by atoms with Crippen LogP contribution in [0.5, 0.6) is 0 Å². The van der Waals surface area contributed by atoms with Crippen LogP contribution in [0.1, 0.15) is 13.8 Å². The summed E-state index contributed by atoms with van der Waals surface area (Å²) in [4.78, 5) is 0. The normalized spacial score (nSPS) is 20.1. The summed E-state index contributed by atoms with van der Waals surface area (Å²) in [6.45, 7) is 2.38. The van der Waals surface area contributed by atoms with E-state index in [2.05, 4.69) is 0 Å². The molecule has 3 unspecified atom stereocenters. The van der Waals surface area contributed by atoms with Gasteiger partial charge in [0, 0.05) is 0 Å². The summed E-state index contributed by atoms with van der Waals surface area (Å²) in [7, 11) is -3.70. The first-order valence-corrected chi connectivity index (χ1v) is 5.24. The minimum Gasteiger partial charge on any atom is -0.391 e. The number of aliphatic hydroxyl groups excluding tert-OH is 3. The van der Waals surface area contributed by atoms with Crippen LogP contribution in [0.2, 0.25) is 0 Å². The van der Waals surface area contributed by atoms with Crippen molar-refractivity contribution in [3.63, 3.8) is 0 Å². The third-order valence-corrected chi connectivity index (χ3v) is 3.33. The predicted molar refractivity (Wildman–Crippen MR) is 43.2 cm³/mol. The van der Waals surface area contributed by atoms with Crippen LogP contribution < -0.4 is 0 Å². The summed E-state index contributed by atoms with van der Waals surface area (Å²) >= 11 is 0. The van der Waals surface area contributed by atoms with Crippen molar-refractivity contribution < 1.29 is 23.7 Å². The molecule has 0 aliphatic carbocycles. The molecule has 0 saturated carbocycles. The lowest BCUT2D eigenvalue weighted by molar-refractivity contribution is 0.0452. The number of rotatable bonds is 4. The van der Waals surface area contributed by atoms with E-state index in [0.29, 0.717) is 0 Å². The maximum absolute atomic E-state index is 10.9. The highest BCUT2D eigenvalue weighted by molar-refractivity contribution is 7.91. The van der Waals surface area contributed by atoms with E-state index >= 15 is 0 Å². The first-order valence-electron chi connectivity index (χ1n) is 3.53. The van der Waals surface area contributed by atoms with Gasteiger partial charge in [0.25, 0.3) is 0 Å². The zero-order valence-corrected chi connectivity index (χ0v) is 7.82. The maximum Gasteiger partial charge on any atom is 0.179 e. The molecule has 0 bridgehead atoms. The second-order valence-corrected chi connectivity index (χ2v) is 5.08. The van der Waals surface area contributed by atoms with Crippen LogP contribution in [-0.2, 0) is 9.84 Å². The molecule has 0 radical (unpaired) electrons. The Balaban J connectivity index is 4.27. The molecular weight excluding hydrogens is 184 g/mol. The fourth-order valence-corrected chi connectivity index (χ4v) is 1.55. The van der Waals surface area contributed by atoms with E-state index in [1.165, 1.54) is 6.92 Å². The number of aliphatic hydroxyl groups is 3. The Kier molecular flexibility index (Phi) is 4.12. The Labute approximate surface area is 71.6 Å². The van der Waals surface area contributed by atoms with Crippen molar-refractivity contribution in [2.24, 2.45) is 0 Å². The summed E-state index contributed by atoms with van der Waals surface area (Å²) in [6.07, 6.45) is -2.46. The molecule has 0 heterocycles. The molecule has 0 aromatic carbocycles. The van der Waals surface area contributed by atoms with Gasteiger partial charge in [-0.2, -0.15) is 0 Å². The summed E-state index contributed by atoms with van der Waals surface area (Å²) < 4.78 is 21.8. The van der Waals surface area contributed by atoms with Gasteiger partial charge in [-0.25, -0.2) is 8.42 Å². The summed E-state index contributed by atoms with van der Waals surface area (Å²) in [5.74, 6) is -0.623. The zero-order chi connectivity index (χ0) is 9.94.